The van der Waals surface area contributed by atoms with Gasteiger partial charge < -0.3 is 9.30 Å². The summed E-state index contributed by atoms with van der Waals surface area (Å²) in [5, 5.41) is 4.12. The fourth-order valence-electron chi connectivity index (χ4n) is 3.04. The van der Waals surface area contributed by atoms with Gasteiger partial charge in [-0.3, -0.25) is 4.79 Å². The Kier molecular flexibility index (Phi) is 5.71. The number of ether oxygens (including phenoxy) is 1. The summed E-state index contributed by atoms with van der Waals surface area (Å²) >= 11 is 0. The molecule has 0 saturated heterocycles. The van der Waals surface area contributed by atoms with Crippen LogP contribution in [0.4, 0.5) is 0 Å². The topological polar surface area (TPSA) is 55.6 Å². The number of aryl methyl sites for hydroxylation is 1. The SMILES string of the molecule is COc1ccc(-n2c(C)cc(/C=N/NC(=O)Cc3ccccc3)c2C)cc1. The highest BCUT2D eigenvalue weighted by molar-refractivity contribution is 5.84. The van der Waals surface area contributed by atoms with Crippen molar-refractivity contribution < 1.29 is 9.53 Å². The molecule has 5 heteroatoms. The van der Waals surface area contributed by atoms with Crippen molar-refractivity contribution in [3.8, 4) is 11.4 Å². The average Bonchev–Trinajstić information content (AvgIpc) is 2.96. The minimum atomic E-state index is -0.138. The molecule has 0 fully saturated rings. The Morgan fingerprint density at radius 3 is 2.48 bits per heavy atom. The lowest BCUT2D eigenvalue weighted by Crippen LogP contribution is -2.19. The van der Waals surface area contributed by atoms with Crippen LogP contribution in [0.15, 0.2) is 65.8 Å². The predicted molar refractivity (Wildman–Crippen MR) is 108 cm³/mol. The first-order chi connectivity index (χ1) is 13.1. The number of benzene rings is 2. The van der Waals surface area contributed by atoms with Gasteiger partial charge >= 0.3 is 0 Å². The molecule has 3 rings (SSSR count). The molecule has 0 unspecified atom stereocenters. The zero-order valence-corrected chi connectivity index (χ0v) is 15.8. The van der Waals surface area contributed by atoms with Crippen LogP contribution in [0.3, 0.4) is 0 Å². The van der Waals surface area contributed by atoms with Crippen molar-refractivity contribution in [2.75, 3.05) is 7.11 Å². The maximum absolute atomic E-state index is 12.0. The highest BCUT2D eigenvalue weighted by Gasteiger charge is 2.10. The van der Waals surface area contributed by atoms with Gasteiger partial charge in [0, 0.05) is 22.6 Å². The molecule has 0 aliphatic rings. The fraction of sp³-hybridized carbons (Fsp3) is 0.182. The second-order valence-corrected chi connectivity index (χ2v) is 6.32. The lowest BCUT2D eigenvalue weighted by molar-refractivity contribution is -0.120. The van der Waals surface area contributed by atoms with Gasteiger partial charge in [-0.15, -0.1) is 0 Å². The van der Waals surface area contributed by atoms with Gasteiger partial charge in [-0.05, 0) is 49.7 Å². The van der Waals surface area contributed by atoms with Crippen molar-refractivity contribution in [3.05, 3.63) is 83.2 Å². The molecule has 5 nitrogen and oxygen atoms in total. The molecule has 0 saturated carbocycles. The number of nitrogens with zero attached hydrogens (tertiary/aromatic N) is 2. The monoisotopic (exact) mass is 361 g/mol. The number of carbonyl (C=O) groups is 1. The van der Waals surface area contributed by atoms with E-state index in [1.54, 1.807) is 13.3 Å². The second-order valence-electron chi connectivity index (χ2n) is 6.32. The summed E-state index contributed by atoms with van der Waals surface area (Å²) in [6.07, 6.45) is 1.99. The minimum Gasteiger partial charge on any atom is -0.497 e. The number of rotatable bonds is 6. The van der Waals surface area contributed by atoms with E-state index in [9.17, 15) is 4.79 Å². The lowest BCUT2D eigenvalue weighted by atomic mass is 10.1. The van der Waals surface area contributed by atoms with E-state index in [2.05, 4.69) is 15.1 Å². The largest absolute Gasteiger partial charge is 0.497 e. The summed E-state index contributed by atoms with van der Waals surface area (Å²) < 4.78 is 7.36. The van der Waals surface area contributed by atoms with Crippen LogP contribution in [0, 0.1) is 13.8 Å². The average molecular weight is 361 g/mol. The third-order valence-corrected chi connectivity index (χ3v) is 4.40. The van der Waals surface area contributed by atoms with Crippen LogP contribution in [0.25, 0.3) is 5.69 Å². The molecule has 2 aromatic carbocycles. The highest BCUT2D eigenvalue weighted by Crippen LogP contribution is 2.21. The summed E-state index contributed by atoms with van der Waals surface area (Å²) in [6, 6.07) is 19.6. The van der Waals surface area contributed by atoms with E-state index in [1.165, 1.54) is 0 Å². The fourth-order valence-corrected chi connectivity index (χ4v) is 3.04. The molecule has 1 N–H and O–H groups in total. The molecule has 0 atom stereocenters. The molecule has 3 aromatic rings. The van der Waals surface area contributed by atoms with E-state index < -0.39 is 0 Å². The van der Waals surface area contributed by atoms with E-state index >= 15 is 0 Å². The van der Waals surface area contributed by atoms with Crippen LogP contribution in [-0.2, 0) is 11.2 Å². The van der Waals surface area contributed by atoms with Gasteiger partial charge in [0.15, 0.2) is 0 Å². The van der Waals surface area contributed by atoms with Crippen molar-refractivity contribution in [1.29, 1.82) is 0 Å². The van der Waals surface area contributed by atoms with Crippen molar-refractivity contribution >= 4 is 12.1 Å². The number of aromatic nitrogens is 1. The second kappa shape index (κ2) is 8.36. The number of amides is 1. The standard InChI is InChI=1S/C22H23N3O2/c1-16-13-19(15-23-24-22(26)14-18-7-5-4-6-8-18)17(2)25(16)20-9-11-21(27-3)12-10-20/h4-13,15H,14H2,1-3H3,(H,24,26)/b23-15+. The van der Waals surface area contributed by atoms with Gasteiger partial charge in [-0.2, -0.15) is 5.10 Å². The minimum absolute atomic E-state index is 0.138. The van der Waals surface area contributed by atoms with Gasteiger partial charge in [-0.25, -0.2) is 5.43 Å². The Balaban J connectivity index is 1.70. The van der Waals surface area contributed by atoms with E-state index in [0.29, 0.717) is 6.42 Å². The summed E-state index contributed by atoms with van der Waals surface area (Å²) in [7, 11) is 1.65. The Hall–Kier alpha value is -3.34. The van der Waals surface area contributed by atoms with Gasteiger partial charge in [0.1, 0.15) is 5.75 Å². The van der Waals surface area contributed by atoms with Gasteiger partial charge in [-0.1, -0.05) is 30.3 Å². The first kappa shape index (κ1) is 18.5. The summed E-state index contributed by atoms with van der Waals surface area (Å²) in [6.45, 7) is 4.08. The molecule has 0 bridgehead atoms. The van der Waals surface area contributed by atoms with E-state index in [0.717, 1.165) is 34.0 Å². The normalized spacial score (nSPS) is 10.9. The maximum atomic E-state index is 12.0. The van der Waals surface area contributed by atoms with E-state index in [1.807, 2.05) is 74.5 Å². The third-order valence-electron chi connectivity index (χ3n) is 4.40. The zero-order chi connectivity index (χ0) is 19.2. The molecule has 0 aliphatic heterocycles. The summed E-state index contributed by atoms with van der Waals surface area (Å²) in [5.74, 6) is 0.686. The van der Waals surface area contributed by atoms with Crippen LogP contribution in [0.2, 0.25) is 0 Å². The molecule has 1 aromatic heterocycles. The molecule has 1 heterocycles. The molecule has 0 aliphatic carbocycles. The molecule has 138 valence electrons. The Morgan fingerprint density at radius 2 is 1.81 bits per heavy atom. The molecule has 27 heavy (non-hydrogen) atoms. The number of hydrogen-bond donors (Lipinski definition) is 1. The zero-order valence-electron chi connectivity index (χ0n) is 15.8. The summed E-state index contributed by atoms with van der Waals surface area (Å²) in [4.78, 5) is 12.0. The Morgan fingerprint density at radius 1 is 1.11 bits per heavy atom. The van der Waals surface area contributed by atoms with Crippen LogP contribution < -0.4 is 10.2 Å². The highest BCUT2D eigenvalue weighted by atomic mass is 16.5. The molecule has 0 radical (unpaired) electrons. The molecular weight excluding hydrogens is 338 g/mol. The molecular formula is C22H23N3O2. The Labute approximate surface area is 159 Å². The Bertz CT molecular complexity index is 942. The number of nitrogens with one attached hydrogen (secondary N) is 1. The number of hydrogen-bond acceptors (Lipinski definition) is 3. The van der Waals surface area contributed by atoms with Crippen molar-refractivity contribution in [1.82, 2.24) is 9.99 Å². The van der Waals surface area contributed by atoms with E-state index in [4.69, 9.17) is 4.74 Å². The number of carbonyl (C=O) groups excluding carboxylic acids is 1. The van der Waals surface area contributed by atoms with Crippen molar-refractivity contribution in [3.63, 3.8) is 0 Å². The van der Waals surface area contributed by atoms with E-state index in [-0.39, 0.29) is 5.91 Å². The first-order valence-corrected chi connectivity index (χ1v) is 8.77. The predicted octanol–water partition coefficient (Wildman–Crippen LogP) is 3.80. The quantitative estimate of drug-likeness (QED) is 0.536. The first-order valence-electron chi connectivity index (χ1n) is 8.77. The third kappa shape index (κ3) is 4.44. The van der Waals surface area contributed by atoms with Gasteiger partial charge in [0.05, 0.1) is 19.7 Å². The van der Waals surface area contributed by atoms with Gasteiger partial charge in [0.25, 0.3) is 0 Å². The molecule has 0 spiro atoms. The maximum Gasteiger partial charge on any atom is 0.244 e. The number of methoxy groups -OCH3 is 1. The van der Waals surface area contributed by atoms with Crippen LogP contribution in [0.5, 0.6) is 5.75 Å². The van der Waals surface area contributed by atoms with Crippen molar-refractivity contribution in [2.45, 2.75) is 20.3 Å². The van der Waals surface area contributed by atoms with Crippen molar-refractivity contribution in [2.24, 2.45) is 5.10 Å². The van der Waals surface area contributed by atoms with Gasteiger partial charge in [0.2, 0.25) is 5.91 Å². The lowest BCUT2D eigenvalue weighted by Gasteiger charge is -2.10. The summed E-state index contributed by atoms with van der Waals surface area (Å²) in [5.41, 5.74) is 7.72. The molecule has 1 amide bonds. The van der Waals surface area contributed by atoms with Crippen LogP contribution in [-0.4, -0.2) is 23.8 Å². The smallest absolute Gasteiger partial charge is 0.244 e. The number of hydrazone groups is 1. The van der Waals surface area contributed by atoms with Crippen LogP contribution >= 0.6 is 0 Å². The van der Waals surface area contributed by atoms with Crippen LogP contribution in [0.1, 0.15) is 22.5 Å².